The molecule has 5 rings (SSSR count). The SMILES string of the molecule is CC(=O)N1C[C@@H]2CC[C@H](C1)N(C(=O)c1cc3ccccc3s1)C2. The summed E-state index contributed by atoms with van der Waals surface area (Å²) in [6.45, 7) is 3.88. The summed E-state index contributed by atoms with van der Waals surface area (Å²) < 4.78 is 1.15. The molecule has 23 heavy (non-hydrogen) atoms. The number of fused-ring (bicyclic) bond motifs is 5. The van der Waals surface area contributed by atoms with Crippen molar-refractivity contribution in [2.24, 2.45) is 5.92 Å². The van der Waals surface area contributed by atoms with Crippen molar-refractivity contribution < 1.29 is 9.59 Å². The van der Waals surface area contributed by atoms with Gasteiger partial charge in [0.15, 0.2) is 0 Å². The lowest BCUT2D eigenvalue weighted by Gasteiger charge is -2.35. The number of piperidine rings is 1. The molecule has 0 aliphatic carbocycles. The molecule has 2 atom stereocenters. The number of nitrogens with zero attached hydrogens (tertiary/aromatic N) is 2. The average molecular weight is 328 g/mol. The Balaban J connectivity index is 1.62. The first-order valence-corrected chi connectivity index (χ1v) is 8.98. The molecule has 3 aliphatic heterocycles. The minimum atomic E-state index is 0.123. The zero-order chi connectivity index (χ0) is 16.0. The highest BCUT2D eigenvalue weighted by Crippen LogP contribution is 2.32. The van der Waals surface area contributed by atoms with E-state index in [0.717, 1.165) is 40.9 Å². The second kappa shape index (κ2) is 5.64. The Bertz CT molecular complexity index is 736. The molecule has 4 nitrogen and oxygen atoms in total. The van der Waals surface area contributed by atoms with E-state index in [0.29, 0.717) is 12.5 Å². The maximum absolute atomic E-state index is 13.0. The van der Waals surface area contributed by atoms with Crippen molar-refractivity contribution in [3.8, 4) is 0 Å². The molecular formula is C18H20N2O2S. The van der Waals surface area contributed by atoms with Crippen LogP contribution in [0.2, 0.25) is 0 Å². The predicted molar refractivity (Wildman–Crippen MR) is 91.6 cm³/mol. The summed E-state index contributed by atoms with van der Waals surface area (Å²) in [5.74, 6) is 0.667. The van der Waals surface area contributed by atoms with Gasteiger partial charge >= 0.3 is 0 Å². The highest BCUT2D eigenvalue weighted by molar-refractivity contribution is 7.20. The average Bonchev–Trinajstić information content (AvgIpc) is 2.76. The van der Waals surface area contributed by atoms with Crippen molar-refractivity contribution in [1.82, 2.24) is 9.80 Å². The van der Waals surface area contributed by atoms with Crippen LogP contribution in [-0.4, -0.2) is 47.3 Å². The highest BCUT2D eigenvalue weighted by Gasteiger charge is 2.38. The summed E-state index contributed by atoms with van der Waals surface area (Å²) in [7, 11) is 0. The summed E-state index contributed by atoms with van der Waals surface area (Å²) >= 11 is 1.57. The van der Waals surface area contributed by atoms with Crippen LogP contribution in [0, 0.1) is 5.92 Å². The maximum atomic E-state index is 13.0. The highest BCUT2D eigenvalue weighted by atomic mass is 32.1. The number of carbonyl (C=O) groups excluding carboxylic acids is 2. The quantitative estimate of drug-likeness (QED) is 0.807. The first kappa shape index (κ1) is 14.7. The minimum Gasteiger partial charge on any atom is -0.341 e. The number of carbonyl (C=O) groups is 2. The summed E-state index contributed by atoms with van der Waals surface area (Å²) in [6, 6.07) is 10.3. The van der Waals surface area contributed by atoms with Crippen LogP contribution in [0.1, 0.15) is 29.4 Å². The Labute approximate surface area is 139 Å². The summed E-state index contributed by atoms with van der Waals surface area (Å²) in [6.07, 6.45) is 2.12. The molecule has 0 spiro atoms. The van der Waals surface area contributed by atoms with Crippen LogP contribution in [0.5, 0.6) is 0 Å². The van der Waals surface area contributed by atoms with Gasteiger partial charge in [0.2, 0.25) is 5.91 Å². The van der Waals surface area contributed by atoms with E-state index < -0.39 is 0 Å². The minimum absolute atomic E-state index is 0.123. The third kappa shape index (κ3) is 2.63. The molecule has 120 valence electrons. The Morgan fingerprint density at radius 3 is 2.74 bits per heavy atom. The normalized spacial score (nSPS) is 24.0. The van der Waals surface area contributed by atoms with Gasteiger partial charge in [0.1, 0.15) is 0 Å². The molecule has 3 saturated heterocycles. The van der Waals surface area contributed by atoms with Crippen molar-refractivity contribution in [3.63, 3.8) is 0 Å². The van der Waals surface area contributed by atoms with Gasteiger partial charge in [0, 0.05) is 37.3 Å². The van der Waals surface area contributed by atoms with Crippen LogP contribution in [0.15, 0.2) is 30.3 Å². The van der Waals surface area contributed by atoms with Crippen molar-refractivity contribution >= 4 is 33.2 Å². The lowest BCUT2D eigenvalue weighted by Crippen LogP contribution is -2.47. The molecule has 3 aliphatic rings. The molecule has 1 aromatic heterocycles. The molecule has 3 fully saturated rings. The molecule has 4 heterocycles. The number of hydrogen-bond acceptors (Lipinski definition) is 3. The lowest BCUT2D eigenvalue weighted by molar-refractivity contribution is -0.129. The summed E-state index contributed by atoms with van der Waals surface area (Å²) in [5.41, 5.74) is 0. The second-order valence-corrected chi connectivity index (χ2v) is 7.71. The summed E-state index contributed by atoms with van der Waals surface area (Å²) in [5, 5.41) is 1.13. The van der Waals surface area contributed by atoms with E-state index in [4.69, 9.17) is 0 Å². The number of thiophene rings is 1. The van der Waals surface area contributed by atoms with E-state index >= 15 is 0 Å². The van der Waals surface area contributed by atoms with Crippen LogP contribution in [0.25, 0.3) is 10.1 Å². The zero-order valence-corrected chi connectivity index (χ0v) is 14.0. The Morgan fingerprint density at radius 2 is 1.96 bits per heavy atom. The van der Waals surface area contributed by atoms with Gasteiger partial charge in [-0.25, -0.2) is 0 Å². The number of rotatable bonds is 1. The van der Waals surface area contributed by atoms with Gasteiger partial charge in [-0.15, -0.1) is 11.3 Å². The fraction of sp³-hybridized carbons (Fsp3) is 0.444. The largest absolute Gasteiger partial charge is 0.341 e. The Hall–Kier alpha value is -1.88. The van der Waals surface area contributed by atoms with E-state index in [1.165, 1.54) is 0 Å². The molecule has 0 radical (unpaired) electrons. The van der Waals surface area contributed by atoms with Gasteiger partial charge < -0.3 is 9.80 Å². The number of amides is 2. The third-order valence-corrected chi connectivity index (χ3v) is 6.16. The van der Waals surface area contributed by atoms with Crippen LogP contribution in [0.4, 0.5) is 0 Å². The first-order valence-electron chi connectivity index (χ1n) is 8.17. The number of benzene rings is 1. The van der Waals surface area contributed by atoms with Crippen LogP contribution in [0.3, 0.4) is 0 Å². The fourth-order valence-corrected chi connectivity index (χ4v) is 4.84. The van der Waals surface area contributed by atoms with Gasteiger partial charge in [0.05, 0.1) is 4.88 Å². The van der Waals surface area contributed by atoms with E-state index in [1.54, 1.807) is 18.3 Å². The first-order chi connectivity index (χ1) is 11.1. The van der Waals surface area contributed by atoms with Gasteiger partial charge in [-0.3, -0.25) is 9.59 Å². The lowest BCUT2D eigenvalue weighted by atomic mass is 9.95. The van der Waals surface area contributed by atoms with Crippen molar-refractivity contribution in [1.29, 1.82) is 0 Å². The molecule has 2 bridgehead atoms. The van der Waals surface area contributed by atoms with Crippen molar-refractivity contribution in [2.75, 3.05) is 19.6 Å². The van der Waals surface area contributed by atoms with Gasteiger partial charge in [-0.05, 0) is 36.3 Å². The Kier molecular flexibility index (Phi) is 3.60. The zero-order valence-electron chi connectivity index (χ0n) is 13.2. The van der Waals surface area contributed by atoms with Gasteiger partial charge in [-0.2, -0.15) is 0 Å². The standard InChI is InChI=1S/C18H20N2O2S/c1-12(21)19-9-13-6-7-15(11-19)20(10-13)18(22)17-8-14-4-2-3-5-16(14)23-17/h2-5,8,13,15H,6-7,9-11H2,1H3/t13-,15+/m0/s1. The molecule has 0 unspecified atom stereocenters. The molecule has 2 amide bonds. The predicted octanol–water partition coefficient (Wildman–Crippen LogP) is 2.98. The Morgan fingerprint density at radius 1 is 1.13 bits per heavy atom. The van der Waals surface area contributed by atoms with E-state index in [1.807, 2.05) is 28.0 Å². The topological polar surface area (TPSA) is 40.6 Å². The number of hydrogen-bond donors (Lipinski definition) is 0. The monoisotopic (exact) mass is 328 g/mol. The fourth-order valence-electron chi connectivity index (χ4n) is 3.82. The van der Waals surface area contributed by atoms with Crippen LogP contribution >= 0.6 is 11.3 Å². The van der Waals surface area contributed by atoms with Crippen LogP contribution in [-0.2, 0) is 4.79 Å². The van der Waals surface area contributed by atoms with Crippen LogP contribution < -0.4 is 0 Å². The second-order valence-electron chi connectivity index (χ2n) is 6.63. The van der Waals surface area contributed by atoms with E-state index in [-0.39, 0.29) is 17.9 Å². The molecule has 1 aromatic carbocycles. The third-order valence-electron chi connectivity index (χ3n) is 5.06. The van der Waals surface area contributed by atoms with Crippen molar-refractivity contribution in [3.05, 3.63) is 35.2 Å². The smallest absolute Gasteiger partial charge is 0.264 e. The molecule has 0 N–H and O–H groups in total. The summed E-state index contributed by atoms with van der Waals surface area (Å²) in [4.78, 5) is 29.5. The maximum Gasteiger partial charge on any atom is 0.264 e. The molecular weight excluding hydrogens is 308 g/mol. The van der Waals surface area contributed by atoms with Gasteiger partial charge in [-0.1, -0.05) is 18.2 Å². The van der Waals surface area contributed by atoms with E-state index in [9.17, 15) is 9.59 Å². The van der Waals surface area contributed by atoms with Gasteiger partial charge in [0.25, 0.3) is 5.91 Å². The molecule has 2 aromatic rings. The van der Waals surface area contributed by atoms with E-state index in [2.05, 4.69) is 12.1 Å². The molecule has 0 saturated carbocycles. The van der Waals surface area contributed by atoms with Crippen molar-refractivity contribution in [2.45, 2.75) is 25.8 Å². The molecule has 5 heteroatoms.